The van der Waals surface area contributed by atoms with Crippen molar-refractivity contribution in [3.63, 3.8) is 0 Å². The molecular weight excluding hydrogens is 370 g/mol. The minimum absolute atomic E-state index is 0.847. The molecule has 0 spiro atoms. The van der Waals surface area contributed by atoms with Crippen molar-refractivity contribution >= 4 is 33.3 Å². The number of fused-ring (bicyclic) bond motifs is 3. The second-order valence-electron chi connectivity index (χ2n) is 7.42. The van der Waals surface area contributed by atoms with E-state index in [2.05, 4.69) is 35.1 Å². The molecule has 3 aromatic rings. The van der Waals surface area contributed by atoms with Crippen LogP contribution in [0.3, 0.4) is 0 Å². The zero-order valence-corrected chi connectivity index (χ0v) is 16.8. The van der Waals surface area contributed by atoms with Crippen molar-refractivity contribution < 1.29 is 0 Å². The van der Waals surface area contributed by atoms with E-state index in [9.17, 15) is 0 Å². The van der Waals surface area contributed by atoms with Crippen LogP contribution < -0.4 is 10.2 Å². The third kappa shape index (κ3) is 3.54. The van der Waals surface area contributed by atoms with Crippen molar-refractivity contribution in [3.05, 3.63) is 35.2 Å². The van der Waals surface area contributed by atoms with Gasteiger partial charge < -0.3 is 10.2 Å². The maximum Gasteiger partial charge on any atom is 0.225 e. The Kier molecular flexibility index (Phi) is 5.05. The van der Waals surface area contributed by atoms with E-state index >= 15 is 0 Å². The van der Waals surface area contributed by atoms with Gasteiger partial charge >= 0.3 is 0 Å². The predicted molar refractivity (Wildman–Crippen MR) is 113 cm³/mol. The number of nitrogens with zero attached hydrogens (tertiary/aromatic N) is 6. The van der Waals surface area contributed by atoms with Crippen molar-refractivity contribution in [3.8, 4) is 0 Å². The van der Waals surface area contributed by atoms with Crippen molar-refractivity contribution in [1.82, 2.24) is 24.8 Å². The fourth-order valence-electron chi connectivity index (χ4n) is 4.20. The highest BCUT2D eigenvalue weighted by molar-refractivity contribution is 7.19. The lowest BCUT2D eigenvalue weighted by atomic mass is 10.2. The van der Waals surface area contributed by atoms with Crippen LogP contribution in [0.15, 0.2) is 24.8 Å². The average Bonchev–Trinajstić information content (AvgIpc) is 3.34. The Morgan fingerprint density at radius 3 is 2.71 bits per heavy atom. The quantitative estimate of drug-likeness (QED) is 0.643. The number of anilines is 2. The lowest BCUT2D eigenvalue weighted by molar-refractivity contribution is 0.256. The summed E-state index contributed by atoms with van der Waals surface area (Å²) in [5, 5.41) is 4.85. The summed E-state index contributed by atoms with van der Waals surface area (Å²) in [5.41, 5.74) is 1.49. The van der Waals surface area contributed by atoms with Crippen LogP contribution in [-0.4, -0.2) is 64.1 Å². The summed E-state index contributed by atoms with van der Waals surface area (Å²) in [7, 11) is 0. The Morgan fingerprint density at radius 2 is 1.86 bits per heavy atom. The molecule has 2 aliphatic rings. The Morgan fingerprint density at radius 1 is 1.00 bits per heavy atom. The topological polar surface area (TPSA) is 70.1 Å². The van der Waals surface area contributed by atoms with Crippen LogP contribution in [0, 0.1) is 0 Å². The Bertz CT molecular complexity index is 934. The molecule has 0 unspecified atom stereocenters. The molecule has 0 saturated carbocycles. The summed E-state index contributed by atoms with van der Waals surface area (Å²) in [6, 6.07) is 1.86. The van der Waals surface area contributed by atoms with Crippen molar-refractivity contribution in [2.75, 3.05) is 49.5 Å². The lowest BCUT2D eigenvalue weighted by Gasteiger charge is -2.34. The van der Waals surface area contributed by atoms with Crippen LogP contribution >= 0.6 is 11.3 Å². The maximum atomic E-state index is 4.53. The molecule has 0 bridgehead atoms. The summed E-state index contributed by atoms with van der Waals surface area (Å²) >= 11 is 1.85. The monoisotopic (exact) mass is 395 g/mol. The van der Waals surface area contributed by atoms with Crippen molar-refractivity contribution in [1.29, 1.82) is 0 Å². The molecule has 0 atom stereocenters. The summed E-state index contributed by atoms with van der Waals surface area (Å²) in [4.78, 5) is 25.2. The normalized spacial score (nSPS) is 17.2. The van der Waals surface area contributed by atoms with Crippen LogP contribution in [0.5, 0.6) is 0 Å². The molecule has 1 saturated heterocycles. The molecule has 146 valence electrons. The smallest absolute Gasteiger partial charge is 0.225 e. The predicted octanol–water partition coefficient (Wildman–Crippen LogP) is 2.59. The van der Waals surface area contributed by atoms with Gasteiger partial charge in [-0.05, 0) is 43.9 Å². The molecule has 1 aliphatic carbocycles. The highest BCUT2D eigenvalue weighted by Gasteiger charge is 2.21. The summed E-state index contributed by atoms with van der Waals surface area (Å²) < 4.78 is 0. The van der Waals surface area contributed by atoms with Crippen molar-refractivity contribution in [2.24, 2.45) is 0 Å². The third-order valence-electron chi connectivity index (χ3n) is 5.65. The second kappa shape index (κ2) is 7.97. The first kappa shape index (κ1) is 17.8. The summed E-state index contributed by atoms with van der Waals surface area (Å²) in [6.45, 7) is 6.16. The third-order valence-corrected chi connectivity index (χ3v) is 6.85. The van der Waals surface area contributed by atoms with E-state index in [1.807, 2.05) is 29.8 Å². The molecule has 3 aromatic heterocycles. The van der Waals surface area contributed by atoms with Gasteiger partial charge in [-0.1, -0.05) is 0 Å². The van der Waals surface area contributed by atoms with Gasteiger partial charge in [-0.3, -0.25) is 4.90 Å². The molecule has 28 heavy (non-hydrogen) atoms. The number of aromatic nitrogens is 4. The number of rotatable bonds is 6. The SMILES string of the molecule is c1cnc(N2CCN(CCCNc3ncnc4sc5c(c34)CCC5)CC2)nc1. The van der Waals surface area contributed by atoms with Gasteiger partial charge in [0.2, 0.25) is 5.95 Å². The van der Waals surface area contributed by atoms with Gasteiger partial charge in [-0.2, -0.15) is 0 Å². The van der Waals surface area contributed by atoms with Gasteiger partial charge in [0.05, 0.1) is 5.39 Å². The van der Waals surface area contributed by atoms with Crippen LogP contribution in [0.4, 0.5) is 11.8 Å². The minimum Gasteiger partial charge on any atom is -0.369 e. The molecule has 4 heterocycles. The van der Waals surface area contributed by atoms with Gasteiger partial charge in [-0.25, -0.2) is 19.9 Å². The number of nitrogens with one attached hydrogen (secondary N) is 1. The lowest BCUT2D eigenvalue weighted by Crippen LogP contribution is -2.47. The van der Waals surface area contributed by atoms with Crippen LogP contribution in [0.25, 0.3) is 10.2 Å². The summed E-state index contributed by atoms with van der Waals surface area (Å²) in [5.74, 6) is 1.87. The van der Waals surface area contributed by atoms with E-state index < -0.39 is 0 Å². The van der Waals surface area contributed by atoms with E-state index in [1.54, 1.807) is 6.33 Å². The Balaban J connectivity index is 1.12. The van der Waals surface area contributed by atoms with Gasteiger partial charge in [0.15, 0.2) is 0 Å². The Labute approximate surface area is 168 Å². The van der Waals surface area contributed by atoms with Crippen LogP contribution in [0.1, 0.15) is 23.3 Å². The van der Waals surface area contributed by atoms with Gasteiger partial charge in [0, 0.05) is 50.0 Å². The van der Waals surface area contributed by atoms with E-state index in [0.717, 1.165) is 62.3 Å². The largest absolute Gasteiger partial charge is 0.369 e. The molecule has 1 N–H and O–H groups in total. The molecule has 0 amide bonds. The molecule has 1 fully saturated rings. The average molecular weight is 396 g/mol. The summed E-state index contributed by atoms with van der Waals surface area (Å²) in [6.07, 6.45) is 10.1. The zero-order valence-electron chi connectivity index (χ0n) is 16.0. The Hall–Kier alpha value is -2.32. The minimum atomic E-state index is 0.847. The first-order valence-electron chi connectivity index (χ1n) is 10.1. The van der Waals surface area contributed by atoms with Gasteiger partial charge in [-0.15, -0.1) is 11.3 Å². The second-order valence-corrected chi connectivity index (χ2v) is 8.50. The molecule has 1 aliphatic heterocycles. The van der Waals surface area contributed by atoms with E-state index in [4.69, 9.17) is 0 Å². The number of hydrogen-bond donors (Lipinski definition) is 1. The molecule has 8 heteroatoms. The highest BCUT2D eigenvalue weighted by atomic mass is 32.1. The fourth-order valence-corrected chi connectivity index (χ4v) is 5.43. The van der Waals surface area contributed by atoms with E-state index in [0.29, 0.717) is 0 Å². The van der Waals surface area contributed by atoms with Gasteiger partial charge in [0.1, 0.15) is 17.0 Å². The van der Waals surface area contributed by atoms with E-state index in [1.165, 1.54) is 35.1 Å². The number of thiophene rings is 1. The molecule has 0 aromatic carbocycles. The fraction of sp³-hybridized carbons (Fsp3) is 0.500. The van der Waals surface area contributed by atoms with Crippen LogP contribution in [0.2, 0.25) is 0 Å². The first-order valence-corrected chi connectivity index (χ1v) is 10.9. The van der Waals surface area contributed by atoms with Crippen molar-refractivity contribution in [2.45, 2.75) is 25.7 Å². The molecule has 5 rings (SSSR count). The number of aryl methyl sites for hydroxylation is 2. The molecule has 7 nitrogen and oxygen atoms in total. The zero-order chi connectivity index (χ0) is 18.8. The maximum absolute atomic E-state index is 4.53. The highest BCUT2D eigenvalue weighted by Crippen LogP contribution is 2.38. The van der Waals surface area contributed by atoms with E-state index in [-0.39, 0.29) is 0 Å². The first-order chi connectivity index (χ1) is 13.9. The standard InChI is InChI=1S/C20H25N7S/c1-4-15-16(5-1)28-19-17(15)18(24-14-25-19)21-8-3-9-26-10-12-27(13-11-26)20-22-6-2-7-23-20/h2,6-7,14H,1,3-5,8-13H2,(H,21,24,25). The van der Waals surface area contributed by atoms with Gasteiger partial charge in [0.25, 0.3) is 0 Å². The number of piperazine rings is 1. The molecule has 0 radical (unpaired) electrons. The van der Waals surface area contributed by atoms with Crippen LogP contribution in [-0.2, 0) is 12.8 Å². The molecular formula is C20H25N7S. The number of hydrogen-bond acceptors (Lipinski definition) is 8.